The summed E-state index contributed by atoms with van der Waals surface area (Å²) in [6, 6.07) is 0.600. The van der Waals surface area contributed by atoms with E-state index in [1.54, 1.807) is 7.11 Å². The number of nitrogens with one attached hydrogen (secondary N) is 1. The molecule has 0 saturated carbocycles. The Kier molecular flexibility index (Phi) is 12.3. The van der Waals surface area contributed by atoms with Crippen LogP contribution in [0.2, 0.25) is 0 Å². The second-order valence-corrected chi connectivity index (χ2v) is 4.66. The van der Waals surface area contributed by atoms with Crippen molar-refractivity contribution >= 4 is 0 Å². The minimum Gasteiger partial charge on any atom is -0.385 e. The molecule has 1 N–H and O–H groups in total. The first-order valence-corrected chi connectivity index (χ1v) is 7.06. The van der Waals surface area contributed by atoms with Gasteiger partial charge >= 0.3 is 0 Å². The topological polar surface area (TPSA) is 30.5 Å². The molecule has 0 aliphatic rings. The van der Waals surface area contributed by atoms with Crippen LogP contribution < -0.4 is 5.32 Å². The van der Waals surface area contributed by atoms with Crippen molar-refractivity contribution in [2.24, 2.45) is 5.92 Å². The van der Waals surface area contributed by atoms with Crippen LogP contribution in [0.5, 0.6) is 0 Å². The van der Waals surface area contributed by atoms with E-state index in [2.05, 4.69) is 26.1 Å². The molecular formula is C14H31NO2. The summed E-state index contributed by atoms with van der Waals surface area (Å²) in [7, 11) is 1.73. The van der Waals surface area contributed by atoms with E-state index in [0.717, 1.165) is 45.1 Å². The van der Waals surface area contributed by atoms with Gasteiger partial charge in [-0.25, -0.2) is 0 Å². The standard InChI is InChI=1S/C14H31NO2/c1-5-9-15-13(3)14(6-2)8-12-17-11-7-10-16-4/h13-15H,5-12H2,1-4H3. The maximum Gasteiger partial charge on any atom is 0.0487 e. The summed E-state index contributed by atoms with van der Waals surface area (Å²) in [5, 5.41) is 3.57. The molecule has 0 spiro atoms. The summed E-state index contributed by atoms with van der Waals surface area (Å²) < 4.78 is 10.6. The van der Waals surface area contributed by atoms with Gasteiger partial charge in [0.25, 0.3) is 0 Å². The lowest BCUT2D eigenvalue weighted by Gasteiger charge is -2.23. The smallest absolute Gasteiger partial charge is 0.0487 e. The van der Waals surface area contributed by atoms with E-state index in [1.165, 1.54) is 12.8 Å². The highest BCUT2D eigenvalue weighted by atomic mass is 16.5. The summed E-state index contributed by atoms with van der Waals surface area (Å²) >= 11 is 0. The second kappa shape index (κ2) is 12.3. The van der Waals surface area contributed by atoms with Gasteiger partial charge < -0.3 is 14.8 Å². The Labute approximate surface area is 107 Å². The number of hydrogen-bond acceptors (Lipinski definition) is 3. The fourth-order valence-corrected chi connectivity index (χ4v) is 1.99. The molecule has 0 radical (unpaired) electrons. The third-order valence-electron chi connectivity index (χ3n) is 3.22. The Morgan fingerprint density at radius 2 is 1.88 bits per heavy atom. The minimum absolute atomic E-state index is 0.600. The van der Waals surface area contributed by atoms with E-state index in [9.17, 15) is 0 Å². The Balaban J connectivity index is 3.52. The van der Waals surface area contributed by atoms with Gasteiger partial charge in [0.05, 0.1) is 0 Å². The van der Waals surface area contributed by atoms with E-state index in [0.29, 0.717) is 6.04 Å². The molecule has 3 nitrogen and oxygen atoms in total. The fourth-order valence-electron chi connectivity index (χ4n) is 1.99. The third kappa shape index (κ3) is 9.57. The lowest BCUT2D eigenvalue weighted by molar-refractivity contribution is 0.0900. The zero-order valence-electron chi connectivity index (χ0n) is 12.1. The van der Waals surface area contributed by atoms with Crippen LogP contribution in [0.15, 0.2) is 0 Å². The molecule has 0 fully saturated rings. The summed E-state index contributed by atoms with van der Waals surface area (Å²) in [4.78, 5) is 0. The lowest BCUT2D eigenvalue weighted by Crippen LogP contribution is -2.34. The molecule has 2 atom stereocenters. The summed E-state index contributed by atoms with van der Waals surface area (Å²) in [6.07, 6.45) is 4.58. The lowest BCUT2D eigenvalue weighted by atomic mass is 9.95. The number of methoxy groups -OCH3 is 1. The SMILES string of the molecule is CCCNC(C)C(CC)CCOCCCOC. The van der Waals surface area contributed by atoms with Gasteiger partial charge in [0.2, 0.25) is 0 Å². The van der Waals surface area contributed by atoms with Crippen molar-refractivity contribution in [3.8, 4) is 0 Å². The Hall–Kier alpha value is -0.120. The summed E-state index contributed by atoms with van der Waals surface area (Å²) in [5.74, 6) is 0.726. The molecule has 0 saturated heterocycles. The van der Waals surface area contributed by atoms with Crippen LogP contribution in [0.25, 0.3) is 0 Å². The quantitative estimate of drug-likeness (QED) is 0.536. The second-order valence-electron chi connectivity index (χ2n) is 4.66. The molecule has 17 heavy (non-hydrogen) atoms. The van der Waals surface area contributed by atoms with Crippen LogP contribution >= 0.6 is 0 Å². The molecule has 0 bridgehead atoms. The van der Waals surface area contributed by atoms with Crippen molar-refractivity contribution in [2.45, 2.75) is 52.5 Å². The molecule has 0 amide bonds. The fraction of sp³-hybridized carbons (Fsp3) is 1.00. The predicted molar refractivity (Wildman–Crippen MR) is 73.5 cm³/mol. The highest BCUT2D eigenvalue weighted by molar-refractivity contribution is 4.70. The summed E-state index contributed by atoms with van der Waals surface area (Å²) in [5.41, 5.74) is 0. The molecular weight excluding hydrogens is 214 g/mol. The van der Waals surface area contributed by atoms with Crippen LogP contribution in [-0.2, 0) is 9.47 Å². The van der Waals surface area contributed by atoms with Gasteiger partial charge in [-0.2, -0.15) is 0 Å². The largest absolute Gasteiger partial charge is 0.385 e. The first kappa shape index (κ1) is 16.9. The van der Waals surface area contributed by atoms with Crippen LogP contribution in [0, 0.1) is 5.92 Å². The molecule has 0 heterocycles. The van der Waals surface area contributed by atoms with Gasteiger partial charge in [-0.15, -0.1) is 0 Å². The molecule has 0 aromatic heterocycles. The number of ether oxygens (including phenoxy) is 2. The van der Waals surface area contributed by atoms with Crippen molar-refractivity contribution in [3.05, 3.63) is 0 Å². The Morgan fingerprint density at radius 1 is 1.12 bits per heavy atom. The average Bonchev–Trinajstić information content (AvgIpc) is 2.35. The zero-order valence-corrected chi connectivity index (χ0v) is 12.1. The first-order chi connectivity index (χ1) is 8.26. The van der Waals surface area contributed by atoms with Gasteiger partial charge in [0.1, 0.15) is 0 Å². The molecule has 104 valence electrons. The molecule has 0 rings (SSSR count). The van der Waals surface area contributed by atoms with Crippen molar-refractivity contribution in [2.75, 3.05) is 33.5 Å². The van der Waals surface area contributed by atoms with Crippen molar-refractivity contribution < 1.29 is 9.47 Å². The minimum atomic E-state index is 0.600. The normalized spacial score (nSPS) is 14.8. The Morgan fingerprint density at radius 3 is 2.47 bits per heavy atom. The highest BCUT2D eigenvalue weighted by Gasteiger charge is 2.14. The van der Waals surface area contributed by atoms with E-state index in [4.69, 9.17) is 9.47 Å². The van der Waals surface area contributed by atoms with Crippen molar-refractivity contribution in [1.29, 1.82) is 0 Å². The zero-order chi connectivity index (χ0) is 12.9. The highest BCUT2D eigenvalue weighted by Crippen LogP contribution is 2.13. The van der Waals surface area contributed by atoms with Gasteiger partial charge in [-0.05, 0) is 38.6 Å². The molecule has 3 heteroatoms. The van der Waals surface area contributed by atoms with E-state index in [1.807, 2.05) is 0 Å². The average molecular weight is 245 g/mol. The van der Waals surface area contributed by atoms with Crippen molar-refractivity contribution in [3.63, 3.8) is 0 Å². The van der Waals surface area contributed by atoms with Gasteiger partial charge in [0.15, 0.2) is 0 Å². The monoisotopic (exact) mass is 245 g/mol. The Bertz CT molecular complexity index is 153. The summed E-state index contributed by atoms with van der Waals surface area (Å²) in [6.45, 7) is 10.4. The van der Waals surface area contributed by atoms with Crippen LogP contribution in [0.1, 0.15) is 46.5 Å². The van der Waals surface area contributed by atoms with Crippen LogP contribution in [0.3, 0.4) is 0 Å². The van der Waals surface area contributed by atoms with E-state index in [-0.39, 0.29) is 0 Å². The van der Waals surface area contributed by atoms with E-state index >= 15 is 0 Å². The predicted octanol–water partition coefficient (Wildman–Crippen LogP) is 2.84. The van der Waals surface area contributed by atoms with Crippen LogP contribution in [0.4, 0.5) is 0 Å². The van der Waals surface area contributed by atoms with Gasteiger partial charge in [-0.3, -0.25) is 0 Å². The van der Waals surface area contributed by atoms with Crippen LogP contribution in [-0.4, -0.2) is 39.5 Å². The molecule has 0 aliphatic carbocycles. The van der Waals surface area contributed by atoms with E-state index < -0.39 is 0 Å². The van der Waals surface area contributed by atoms with Gasteiger partial charge in [-0.1, -0.05) is 20.3 Å². The maximum atomic E-state index is 5.61. The first-order valence-electron chi connectivity index (χ1n) is 7.06. The number of hydrogen-bond donors (Lipinski definition) is 1. The molecule has 2 unspecified atom stereocenters. The third-order valence-corrected chi connectivity index (χ3v) is 3.22. The molecule has 0 aliphatic heterocycles. The maximum absolute atomic E-state index is 5.61. The van der Waals surface area contributed by atoms with Crippen molar-refractivity contribution in [1.82, 2.24) is 5.32 Å². The molecule has 0 aromatic carbocycles. The number of rotatable bonds is 12. The molecule has 0 aromatic rings. The van der Waals surface area contributed by atoms with Gasteiger partial charge in [0, 0.05) is 33.0 Å².